The summed E-state index contributed by atoms with van der Waals surface area (Å²) in [4.78, 5) is 12.6. The number of carbonyl (C=O) groups is 1. The van der Waals surface area contributed by atoms with Crippen molar-refractivity contribution >= 4 is 56.6 Å². The summed E-state index contributed by atoms with van der Waals surface area (Å²) in [5.74, 6) is -0.566. The zero-order chi connectivity index (χ0) is 16.2. The Morgan fingerprint density at radius 3 is 2.24 bits per heavy atom. The number of carbonyl (C=O) groups excluding carboxylic acids is 1. The quantitative estimate of drug-likeness (QED) is 0.301. The van der Waals surface area contributed by atoms with Gasteiger partial charge in [0.2, 0.25) is 5.91 Å². The first-order chi connectivity index (χ1) is 9.82. The summed E-state index contributed by atoms with van der Waals surface area (Å²) in [5.41, 5.74) is 4.87. The second-order valence-corrected chi connectivity index (χ2v) is 6.20. The maximum absolute atomic E-state index is 12.6. The third-order valence-electron chi connectivity index (χ3n) is 3.49. The molecule has 1 amide bonds. The van der Waals surface area contributed by atoms with Crippen molar-refractivity contribution in [3.05, 3.63) is 26.7 Å². The Balaban J connectivity index is 3.21. The van der Waals surface area contributed by atoms with Gasteiger partial charge in [-0.15, -0.1) is 0 Å². The van der Waals surface area contributed by atoms with Crippen molar-refractivity contribution in [3.8, 4) is 0 Å². The maximum atomic E-state index is 12.6. The van der Waals surface area contributed by atoms with Crippen molar-refractivity contribution in [3.63, 3.8) is 0 Å². The van der Waals surface area contributed by atoms with Gasteiger partial charge in [-0.1, -0.05) is 58.1 Å². The van der Waals surface area contributed by atoms with Crippen LogP contribution in [-0.2, 0) is 4.79 Å². The van der Waals surface area contributed by atoms with Gasteiger partial charge in [0.1, 0.15) is 5.41 Å². The number of hydrogen-bond acceptors (Lipinski definition) is 3. The topological polar surface area (TPSA) is 87.7 Å². The summed E-state index contributed by atoms with van der Waals surface area (Å²) >= 11 is 15.4. The molecule has 1 aromatic carbocycles. The molecular formula is C13H16BrCl2N3O2. The third-order valence-corrected chi connectivity index (χ3v) is 4.54. The van der Waals surface area contributed by atoms with Crippen LogP contribution in [0.5, 0.6) is 0 Å². The Bertz CT molecular complexity index is 552. The molecule has 0 aromatic heterocycles. The van der Waals surface area contributed by atoms with Gasteiger partial charge in [-0.3, -0.25) is 4.79 Å². The van der Waals surface area contributed by atoms with Crippen LogP contribution in [0.4, 0.5) is 5.69 Å². The van der Waals surface area contributed by atoms with E-state index in [0.29, 0.717) is 33.0 Å². The van der Waals surface area contributed by atoms with Gasteiger partial charge < -0.3 is 16.3 Å². The van der Waals surface area contributed by atoms with Crippen molar-refractivity contribution in [1.29, 1.82) is 0 Å². The average Bonchev–Trinajstić information content (AvgIpc) is 2.44. The van der Waals surface area contributed by atoms with E-state index in [4.69, 9.17) is 34.1 Å². The van der Waals surface area contributed by atoms with Crippen molar-refractivity contribution < 1.29 is 10.0 Å². The van der Waals surface area contributed by atoms with Crippen LogP contribution in [0.25, 0.3) is 0 Å². The van der Waals surface area contributed by atoms with Gasteiger partial charge in [-0.2, -0.15) is 0 Å². The lowest BCUT2D eigenvalue weighted by Crippen LogP contribution is -2.46. The van der Waals surface area contributed by atoms with Crippen LogP contribution in [0.3, 0.4) is 0 Å². The number of benzene rings is 1. The Labute approximate surface area is 141 Å². The van der Waals surface area contributed by atoms with Crippen LogP contribution in [0.2, 0.25) is 10.0 Å². The highest BCUT2D eigenvalue weighted by Crippen LogP contribution is 2.36. The minimum absolute atomic E-state index is 0.144. The number of nitrogens with one attached hydrogen (secondary N) is 1. The van der Waals surface area contributed by atoms with Crippen molar-refractivity contribution in [1.82, 2.24) is 0 Å². The van der Waals surface area contributed by atoms with Crippen LogP contribution < -0.4 is 11.1 Å². The van der Waals surface area contributed by atoms with E-state index in [-0.39, 0.29) is 5.84 Å². The highest BCUT2D eigenvalue weighted by Gasteiger charge is 2.40. The molecule has 0 spiro atoms. The molecule has 116 valence electrons. The number of nitrogens with two attached hydrogens (primary N) is 1. The fourth-order valence-corrected chi connectivity index (χ4v) is 3.34. The fourth-order valence-electron chi connectivity index (χ4n) is 2.04. The smallest absolute Gasteiger partial charge is 0.238 e. The van der Waals surface area contributed by atoms with E-state index in [1.165, 1.54) is 0 Å². The molecule has 0 heterocycles. The summed E-state index contributed by atoms with van der Waals surface area (Å²) in [5, 5.41) is 15.2. The number of hydrogen-bond donors (Lipinski definition) is 3. The average molecular weight is 397 g/mol. The van der Waals surface area contributed by atoms with Gasteiger partial charge in [-0.05, 0) is 25.0 Å². The molecule has 0 saturated heterocycles. The number of nitrogens with zero attached hydrogens (tertiary/aromatic N) is 1. The molecule has 8 heteroatoms. The van der Waals surface area contributed by atoms with Crippen molar-refractivity contribution in [2.24, 2.45) is 16.3 Å². The molecule has 0 aliphatic heterocycles. The standard InChI is InChI=1S/C13H16BrCl2N3O2/c1-3-13(4-2,11(17)19-21)12(20)18-10-8(15)5-7(14)6-9(10)16/h5-6,21H,3-4H2,1-2H3,(H2,17,19)(H,18,20). The first-order valence-corrected chi connectivity index (χ1v) is 7.81. The van der Waals surface area contributed by atoms with Crippen LogP contribution in [0.15, 0.2) is 21.8 Å². The Morgan fingerprint density at radius 2 is 1.86 bits per heavy atom. The largest absolute Gasteiger partial charge is 0.409 e. The normalized spacial score (nSPS) is 12.3. The molecule has 0 atom stereocenters. The third kappa shape index (κ3) is 3.62. The molecule has 0 aliphatic rings. The lowest BCUT2D eigenvalue weighted by molar-refractivity contribution is -0.122. The van der Waals surface area contributed by atoms with E-state index in [0.717, 1.165) is 0 Å². The van der Waals surface area contributed by atoms with Gasteiger partial charge in [-0.25, -0.2) is 0 Å². The van der Waals surface area contributed by atoms with Gasteiger partial charge >= 0.3 is 0 Å². The second kappa shape index (κ2) is 7.33. The minimum Gasteiger partial charge on any atom is -0.409 e. The number of amides is 1. The molecule has 0 unspecified atom stereocenters. The molecule has 0 fully saturated rings. The molecule has 1 rings (SSSR count). The zero-order valence-corrected chi connectivity index (χ0v) is 14.7. The zero-order valence-electron chi connectivity index (χ0n) is 11.6. The molecule has 0 aliphatic carbocycles. The highest BCUT2D eigenvalue weighted by molar-refractivity contribution is 9.10. The van der Waals surface area contributed by atoms with Gasteiger partial charge in [0.25, 0.3) is 0 Å². The first kappa shape index (κ1) is 18.1. The van der Waals surface area contributed by atoms with Gasteiger partial charge in [0.15, 0.2) is 5.84 Å². The molecule has 1 aromatic rings. The van der Waals surface area contributed by atoms with Crippen molar-refractivity contribution in [2.45, 2.75) is 26.7 Å². The van der Waals surface area contributed by atoms with Crippen LogP contribution in [0.1, 0.15) is 26.7 Å². The van der Waals surface area contributed by atoms with Crippen LogP contribution in [-0.4, -0.2) is 17.0 Å². The molecule has 0 radical (unpaired) electrons. The predicted molar refractivity (Wildman–Crippen MR) is 89.2 cm³/mol. The van der Waals surface area contributed by atoms with E-state index in [9.17, 15) is 4.79 Å². The number of amidine groups is 1. The predicted octanol–water partition coefficient (Wildman–Crippen LogP) is 4.25. The van der Waals surface area contributed by atoms with Gasteiger partial charge in [0, 0.05) is 4.47 Å². The molecule has 4 N–H and O–H groups in total. The molecule has 0 saturated carbocycles. The monoisotopic (exact) mass is 395 g/mol. The van der Waals surface area contributed by atoms with Crippen molar-refractivity contribution in [2.75, 3.05) is 5.32 Å². The van der Waals surface area contributed by atoms with Gasteiger partial charge in [0.05, 0.1) is 15.7 Å². The lowest BCUT2D eigenvalue weighted by atomic mass is 9.80. The van der Waals surface area contributed by atoms with E-state index < -0.39 is 11.3 Å². The molecule has 0 bridgehead atoms. The number of anilines is 1. The fraction of sp³-hybridized carbons (Fsp3) is 0.385. The second-order valence-electron chi connectivity index (χ2n) is 4.47. The molecule has 21 heavy (non-hydrogen) atoms. The van der Waals surface area contributed by atoms with E-state index in [2.05, 4.69) is 26.4 Å². The summed E-state index contributed by atoms with van der Waals surface area (Å²) in [6.45, 7) is 3.57. The lowest BCUT2D eigenvalue weighted by Gasteiger charge is -2.29. The summed E-state index contributed by atoms with van der Waals surface area (Å²) in [7, 11) is 0. The Hall–Kier alpha value is -0.980. The van der Waals surface area contributed by atoms with E-state index in [1.807, 2.05) is 0 Å². The Morgan fingerprint density at radius 1 is 1.38 bits per heavy atom. The molecule has 5 nitrogen and oxygen atoms in total. The van der Waals surface area contributed by atoms with Crippen LogP contribution >= 0.6 is 39.1 Å². The summed E-state index contributed by atoms with van der Waals surface area (Å²) in [6, 6.07) is 3.23. The highest BCUT2D eigenvalue weighted by atomic mass is 79.9. The Kier molecular flexibility index (Phi) is 6.31. The molecular weight excluding hydrogens is 381 g/mol. The number of oxime groups is 1. The van der Waals surface area contributed by atoms with Crippen LogP contribution in [0, 0.1) is 5.41 Å². The minimum atomic E-state index is -1.12. The number of rotatable bonds is 5. The van der Waals surface area contributed by atoms with E-state index >= 15 is 0 Å². The maximum Gasteiger partial charge on any atom is 0.238 e. The number of halogens is 3. The summed E-state index contributed by atoms with van der Waals surface area (Å²) in [6.07, 6.45) is 0.744. The first-order valence-electron chi connectivity index (χ1n) is 6.26. The SMILES string of the molecule is CCC(CC)(C(=O)Nc1c(Cl)cc(Br)cc1Cl)C(N)=NO. The van der Waals surface area contributed by atoms with E-state index in [1.54, 1.807) is 26.0 Å². The summed E-state index contributed by atoms with van der Waals surface area (Å²) < 4.78 is 0.698.